The second-order valence-electron chi connectivity index (χ2n) is 11.4. The van der Waals surface area contributed by atoms with Crippen LogP contribution in [0.4, 0.5) is 0 Å². The maximum absolute atomic E-state index is 6.54. The Kier molecular flexibility index (Phi) is 10.3. The van der Waals surface area contributed by atoms with Gasteiger partial charge in [-0.25, -0.2) is 0 Å². The van der Waals surface area contributed by atoms with Crippen molar-refractivity contribution in [2.75, 3.05) is 6.16 Å². The fourth-order valence-electron chi connectivity index (χ4n) is 4.65. The number of allylic oxidation sites excluding steroid dienone is 2. The van der Waals surface area contributed by atoms with Gasteiger partial charge in [0.2, 0.25) is 0 Å². The van der Waals surface area contributed by atoms with E-state index in [1.165, 1.54) is 22.3 Å². The first-order valence-corrected chi connectivity index (χ1v) is 18.4. The lowest BCUT2D eigenvalue weighted by Gasteiger charge is -2.38. The molecule has 0 amide bonds. The summed E-state index contributed by atoms with van der Waals surface area (Å²) in [4.78, 5) is 0. The number of benzene rings is 3. The van der Waals surface area contributed by atoms with Crippen LogP contribution in [-0.4, -0.2) is 20.6 Å². The van der Waals surface area contributed by atoms with Crippen LogP contribution in [0.15, 0.2) is 103 Å². The van der Waals surface area contributed by atoms with E-state index in [1.54, 1.807) is 0 Å². The van der Waals surface area contributed by atoms with Crippen LogP contribution in [-0.2, 0) is 4.43 Å². The minimum Gasteiger partial charge on any atom is -0.414 e. The summed E-state index contributed by atoms with van der Waals surface area (Å²) in [6, 6.07) is 33.6. The summed E-state index contributed by atoms with van der Waals surface area (Å²) in [5.74, 6) is 0. The van der Waals surface area contributed by atoms with Gasteiger partial charge in [0.05, 0.1) is 6.16 Å². The molecule has 0 fully saturated rings. The van der Waals surface area contributed by atoms with Crippen LogP contribution in [0.3, 0.4) is 0 Å². The molecule has 36 heavy (non-hydrogen) atoms. The molecule has 0 aliphatic carbocycles. The third-order valence-electron chi connectivity index (χ3n) is 7.67. The van der Waals surface area contributed by atoms with E-state index in [-0.39, 0.29) is 5.04 Å². The molecule has 1 unspecified atom stereocenters. The molecule has 0 bridgehead atoms. The van der Waals surface area contributed by atoms with Crippen LogP contribution in [0.1, 0.15) is 53.4 Å². The van der Waals surface area contributed by atoms with Gasteiger partial charge in [-0.2, -0.15) is 0 Å². The zero-order chi connectivity index (χ0) is 26.1. The van der Waals surface area contributed by atoms with Gasteiger partial charge in [-0.1, -0.05) is 87.5 Å². The van der Waals surface area contributed by atoms with Crippen LogP contribution < -0.4 is 15.9 Å². The van der Waals surface area contributed by atoms with E-state index in [9.17, 15) is 0 Å². The molecule has 1 nitrogen and oxygen atoms in total. The Labute approximate surface area is 222 Å². The molecule has 3 heteroatoms. The standard InChI is InChI=1S/C33H46OPSi/c1-29(34-36(5,6)33(2,3)4)21-13-8-7-9-20-28-35(30-22-14-10-15-23-30,31-24-16-11-17-25-31)32-26-18-12-19-27-32/h7,9-12,14-19,22-27,29H,8,13,20-21,28H2,1-6H3/q+1/b9-7-. The normalized spacial score (nSPS) is 13.7. The van der Waals surface area contributed by atoms with Crippen LogP contribution in [0.2, 0.25) is 18.1 Å². The van der Waals surface area contributed by atoms with Crippen LogP contribution in [0, 0.1) is 0 Å². The topological polar surface area (TPSA) is 9.23 Å². The van der Waals surface area contributed by atoms with Crippen LogP contribution in [0.5, 0.6) is 0 Å². The molecule has 0 heterocycles. The average Bonchev–Trinajstić information content (AvgIpc) is 2.86. The van der Waals surface area contributed by atoms with Gasteiger partial charge in [-0.15, -0.1) is 0 Å². The third-order valence-corrected chi connectivity index (χ3v) is 16.7. The predicted octanol–water partition coefficient (Wildman–Crippen LogP) is 8.51. The lowest BCUT2D eigenvalue weighted by molar-refractivity contribution is 0.187. The van der Waals surface area contributed by atoms with Gasteiger partial charge in [0, 0.05) is 12.5 Å². The highest BCUT2D eigenvalue weighted by Crippen LogP contribution is 2.55. The quantitative estimate of drug-likeness (QED) is 0.101. The van der Waals surface area contributed by atoms with E-state index in [0.29, 0.717) is 6.10 Å². The number of hydrogen-bond acceptors (Lipinski definition) is 1. The van der Waals surface area contributed by atoms with Crippen molar-refractivity contribution in [2.24, 2.45) is 0 Å². The monoisotopic (exact) mass is 517 g/mol. The highest BCUT2D eigenvalue weighted by molar-refractivity contribution is 7.95. The molecular formula is C33H46OPSi+. The van der Waals surface area contributed by atoms with Crippen molar-refractivity contribution in [3.63, 3.8) is 0 Å². The van der Waals surface area contributed by atoms with Gasteiger partial charge in [0.15, 0.2) is 8.32 Å². The Morgan fingerprint density at radius 1 is 0.722 bits per heavy atom. The molecule has 0 spiro atoms. The van der Waals surface area contributed by atoms with Crippen molar-refractivity contribution in [3.05, 3.63) is 103 Å². The van der Waals surface area contributed by atoms with Gasteiger partial charge in [0.1, 0.15) is 23.2 Å². The lowest BCUT2D eigenvalue weighted by atomic mass is 10.1. The largest absolute Gasteiger partial charge is 0.414 e. The predicted molar refractivity (Wildman–Crippen MR) is 165 cm³/mol. The number of rotatable bonds is 12. The first-order valence-electron chi connectivity index (χ1n) is 13.5. The molecule has 192 valence electrons. The van der Waals surface area contributed by atoms with E-state index in [1.807, 2.05) is 0 Å². The van der Waals surface area contributed by atoms with Gasteiger partial charge in [0.25, 0.3) is 0 Å². The second-order valence-corrected chi connectivity index (χ2v) is 19.8. The van der Waals surface area contributed by atoms with Crippen molar-refractivity contribution in [1.29, 1.82) is 0 Å². The fourth-order valence-corrected chi connectivity index (χ4v) is 10.4. The summed E-state index contributed by atoms with van der Waals surface area (Å²) in [5.41, 5.74) is 0. The van der Waals surface area contributed by atoms with Gasteiger partial charge >= 0.3 is 0 Å². The van der Waals surface area contributed by atoms with Crippen molar-refractivity contribution in [1.82, 2.24) is 0 Å². The van der Waals surface area contributed by atoms with Crippen LogP contribution >= 0.6 is 7.26 Å². The Balaban J connectivity index is 1.68. The maximum atomic E-state index is 6.54. The van der Waals surface area contributed by atoms with Crippen molar-refractivity contribution < 1.29 is 4.43 Å². The Morgan fingerprint density at radius 2 is 1.14 bits per heavy atom. The minimum atomic E-state index is -1.73. The van der Waals surface area contributed by atoms with E-state index in [4.69, 9.17) is 4.43 Å². The van der Waals surface area contributed by atoms with Crippen molar-refractivity contribution in [2.45, 2.75) is 77.6 Å². The van der Waals surface area contributed by atoms with Gasteiger partial charge < -0.3 is 4.43 Å². The Morgan fingerprint density at radius 3 is 1.56 bits per heavy atom. The van der Waals surface area contributed by atoms with E-state index >= 15 is 0 Å². The molecule has 0 radical (unpaired) electrons. The molecule has 3 aromatic carbocycles. The lowest BCUT2D eigenvalue weighted by Crippen LogP contribution is -2.43. The number of hydrogen-bond donors (Lipinski definition) is 0. The zero-order valence-electron chi connectivity index (χ0n) is 23.3. The first-order chi connectivity index (χ1) is 17.2. The summed E-state index contributed by atoms with van der Waals surface area (Å²) >= 11 is 0. The molecule has 0 N–H and O–H groups in total. The molecule has 0 aliphatic heterocycles. The Hall–Kier alpha value is -1.99. The van der Waals surface area contributed by atoms with E-state index in [0.717, 1.165) is 25.4 Å². The molecule has 1 atom stereocenters. The smallest absolute Gasteiger partial charge is 0.192 e. The molecular weight excluding hydrogens is 471 g/mol. The number of unbranched alkanes of at least 4 members (excludes halogenated alkanes) is 1. The average molecular weight is 518 g/mol. The highest BCUT2D eigenvalue weighted by Gasteiger charge is 2.44. The molecule has 0 aliphatic rings. The Bertz CT molecular complexity index is 958. The summed E-state index contributed by atoms with van der Waals surface area (Å²) in [7, 11) is -3.41. The summed E-state index contributed by atoms with van der Waals surface area (Å²) in [6.45, 7) is 13.9. The van der Waals surface area contributed by atoms with Crippen LogP contribution in [0.25, 0.3) is 0 Å². The molecule has 3 rings (SSSR count). The van der Waals surface area contributed by atoms with Crippen molar-refractivity contribution >= 4 is 31.5 Å². The maximum Gasteiger partial charge on any atom is 0.192 e. The first kappa shape index (κ1) is 28.6. The zero-order valence-corrected chi connectivity index (χ0v) is 25.2. The summed E-state index contributed by atoms with van der Waals surface area (Å²) in [6.07, 6.45) is 10.8. The van der Waals surface area contributed by atoms with Gasteiger partial charge in [-0.3, -0.25) is 0 Å². The summed E-state index contributed by atoms with van der Waals surface area (Å²) in [5, 5.41) is 4.67. The molecule has 3 aromatic rings. The highest BCUT2D eigenvalue weighted by atomic mass is 31.2. The van der Waals surface area contributed by atoms with Crippen molar-refractivity contribution in [3.8, 4) is 0 Å². The fraction of sp³-hybridized carbons (Fsp3) is 0.394. The third kappa shape index (κ3) is 7.28. The molecule has 0 saturated heterocycles. The summed E-state index contributed by atoms with van der Waals surface area (Å²) < 4.78 is 6.54. The second kappa shape index (κ2) is 13.0. The van der Waals surface area contributed by atoms with E-state index in [2.05, 4.69) is 144 Å². The minimum absolute atomic E-state index is 0.271. The molecule has 0 aromatic heterocycles. The van der Waals surface area contributed by atoms with E-state index < -0.39 is 15.6 Å². The SMILES string of the molecule is CC(CCC/C=C\CC[P+](c1ccccc1)(c1ccccc1)c1ccccc1)O[Si](C)(C)C(C)(C)C. The molecule has 0 saturated carbocycles. The van der Waals surface area contributed by atoms with Gasteiger partial charge in [-0.05, 0) is 80.7 Å².